The first-order valence-corrected chi connectivity index (χ1v) is 7.02. The number of carbonyl (C=O) groups is 1. The minimum Gasteiger partial charge on any atom is -0.391 e. The van der Waals surface area contributed by atoms with E-state index in [4.69, 9.17) is 0 Å². The lowest BCUT2D eigenvalue weighted by molar-refractivity contribution is 0.0843. The van der Waals surface area contributed by atoms with E-state index in [9.17, 15) is 14.3 Å². The van der Waals surface area contributed by atoms with Gasteiger partial charge >= 0.3 is 6.03 Å². The molecule has 1 unspecified atom stereocenters. The third-order valence-corrected chi connectivity index (χ3v) is 3.66. The van der Waals surface area contributed by atoms with Gasteiger partial charge in [-0.2, -0.15) is 0 Å². The highest BCUT2D eigenvalue weighted by Gasteiger charge is 2.21. The highest BCUT2D eigenvalue weighted by Crippen LogP contribution is 2.11. The van der Waals surface area contributed by atoms with Crippen LogP contribution < -0.4 is 5.32 Å². The molecule has 5 heteroatoms. The Hall–Kier alpha value is -1.62. The van der Waals surface area contributed by atoms with Crippen LogP contribution in [-0.4, -0.2) is 41.8 Å². The second-order valence-electron chi connectivity index (χ2n) is 5.29. The number of amides is 2. The number of hydrogen-bond acceptors (Lipinski definition) is 2. The van der Waals surface area contributed by atoms with Crippen LogP contribution in [0.3, 0.4) is 0 Å². The molecule has 0 aromatic heterocycles. The first kappa shape index (κ1) is 14.8. The number of halogens is 1. The average Bonchev–Trinajstić information content (AvgIpc) is 2.41. The van der Waals surface area contributed by atoms with E-state index in [1.165, 1.54) is 12.1 Å². The van der Waals surface area contributed by atoms with E-state index in [1.54, 1.807) is 11.0 Å². The maximum Gasteiger partial charge on any atom is 0.317 e. The summed E-state index contributed by atoms with van der Waals surface area (Å²) in [6.07, 6.45) is 1.87. The average molecular weight is 280 g/mol. The first-order chi connectivity index (χ1) is 9.56. The van der Waals surface area contributed by atoms with Crippen molar-refractivity contribution in [2.45, 2.75) is 32.3 Å². The van der Waals surface area contributed by atoms with Crippen LogP contribution in [-0.2, 0) is 6.42 Å². The Kier molecular flexibility index (Phi) is 4.95. The van der Waals surface area contributed by atoms with E-state index in [-0.39, 0.29) is 11.8 Å². The summed E-state index contributed by atoms with van der Waals surface area (Å²) >= 11 is 0. The molecule has 1 aromatic carbocycles. The SMILES string of the molecule is Cc1cc(F)ccc1CCNC(=O)N1CCCC(O)C1. The number of likely N-dealkylation sites (tertiary alicyclic amines) is 1. The van der Waals surface area contributed by atoms with E-state index in [2.05, 4.69) is 5.32 Å². The van der Waals surface area contributed by atoms with Crippen LogP contribution in [0.15, 0.2) is 18.2 Å². The molecule has 2 amide bonds. The Labute approximate surface area is 118 Å². The molecule has 110 valence electrons. The van der Waals surface area contributed by atoms with Gasteiger partial charge in [0.2, 0.25) is 0 Å². The zero-order valence-electron chi connectivity index (χ0n) is 11.7. The van der Waals surface area contributed by atoms with Crippen LogP contribution in [0, 0.1) is 12.7 Å². The summed E-state index contributed by atoms with van der Waals surface area (Å²) in [7, 11) is 0. The van der Waals surface area contributed by atoms with Crippen molar-refractivity contribution < 1.29 is 14.3 Å². The number of β-amino-alcohol motifs (C(OH)–C–C–N with tert-alkyl or cyclic N) is 1. The molecule has 1 heterocycles. The Morgan fingerprint density at radius 3 is 3.05 bits per heavy atom. The van der Waals surface area contributed by atoms with Crippen LogP contribution in [0.2, 0.25) is 0 Å². The number of nitrogens with zero attached hydrogens (tertiary/aromatic N) is 1. The number of rotatable bonds is 3. The number of aryl methyl sites for hydroxylation is 1. The van der Waals surface area contributed by atoms with E-state index in [0.29, 0.717) is 26.1 Å². The van der Waals surface area contributed by atoms with Crippen molar-refractivity contribution in [2.75, 3.05) is 19.6 Å². The highest BCUT2D eigenvalue weighted by molar-refractivity contribution is 5.74. The number of urea groups is 1. The van der Waals surface area contributed by atoms with Crippen LogP contribution >= 0.6 is 0 Å². The van der Waals surface area contributed by atoms with Crippen molar-refractivity contribution in [1.29, 1.82) is 0 Å². The Morgan fingerprint density at radius 2 is 2.35 bits per heavy atom. The molecule has 0 radical (unpaired) electrons. The number of nitrogens with one attached hydrogen (secondary N) is 1. The van der Waals surface area contributed by atoms with Gasteiger partial charge in [-0.05, 0) is 49.4 Å². The number of aliphatic hydroxyl groups is 1. The number of piperidine rings is 1. The summed E-state index contributed by atoms with van der Waals surface area (Å²) in [6.45, 7) is 3.47. The van der Waals surface area contributed by atoms with Gasteiger partial charge in [-0.25, -0.2) is 9.18 Å². The second kappa shape index (κ2) is 6.70. The zero-order chi connectivity index (χ0) is 14.5. The Bertz CT molecular complexity index is 479. The summed E-state index contributed by atoms with van der Waals surface area (Å²) in [6, 6.07) is 4.55. The minimum absolute atomic E-state index is 0.136. The summed E-state index contributed by atoms with van der Waals surface area (Å²) in [4.78, 5) is 13.6. The van der Waals surface area contributed by atoms with Crippen LogP contribution in [0.4, 0.5) is 9.18 Å². The molecule has 1 aromatic rings. The molecule has 0 aliphatic carbocycles. The lowest BCUT2D eigenvalue weighted by Gasteiger charge is -2.30. The summed E-state index contributed by atoms with van der Waals surface area (Å²) in [5.41, 5.74) is 1.93. The van der Waals surface area contributed by atoms with Gasteiger partial charge in [-0.15, -0.1) is 0 Å². The van der Waals surface area contributed by atoms with Gasteiger partial charge in [-0.3, -0.25) is 0 Å². The molecule has 0 saturated carbocycles. The smallest absolute Gasteiger partial charge is 0.317 e. The zero-order valence-corrected chi connectivity index (χ0v) is 11.7. The van der Waals surface area contributed by atoms with Gasteiger partial charge in [-0.1, -0.05) is 6.07 Å². The Balaban J connectivity index is 1.79. The normalized spacial score (nSPS) is 18.9. The molecule has 20 heavy (non-hydrogen) atoms. The van der Waals surface area contributed by atoms with Gasteiger partial charge in [0.05, 0.1) is 6.10 Å². The topological polar surface area (TPSA) is 52.6 Å². The predicted octanol–water partition coefficient (Wildman–Crippen LogP) is 1.84. The molecule has 0 spiro atoms. The van der Waals surface area contributed by atoms with Gasteiger partial charge < -0.3 is 15.3 Å². The van der Waals surface area contributed by atoms with Crippen molar-refractivity contribution in [2.24, 2.45) is 0 Å². The molecule has 1 fully saturated rings. The van der Waals surface area contributed by atoms with E-state index in [1.807, 2.05) is 6.92 Å². The van der Waals surface area contributed by atoms with Crippen molar-refractivity contribution in [1.82, 2.24) is 10.2 Å². The molecule has 1 aliphatic rings. The van der Waals surface area contributed by atoms with E-state index < -0.39 is 6.10 Å². The highest BCUT2D eigenvalue weighted by atomic mass is 19.1. The number of hydrogen-bond donors (Lipinski definition) is 2. The standard InChI is InChI=1S/C15H21FN2O2/c1-11-9-13(16)5-4-12(11)6-7-17-15(20)18-8-2-3-14(19)10-18/h4-5,9,14,19H,2-3,6-8,10H2,1H3,(H,17,20). The molecular formula is C15H21FN2O2. The summed E-state index contributed by atoms with van der Waals surface area (Å²) in [5.74, 6) is -0.238. The summed E-state index contributed by atoms with van der Waals surface area (Å²) in [5, 5.41) is 12.4. The molecule has 1 saturated heterocycles. The lowest BCUT2D eigenvalue weighted by atomic mass is 10.1. The molecule has 2 N–H and O–H groups in total. The van der Waals surface area contributed by atoms with Gasteiger partial charge in [0.15, 0.2) is 0 Å². The lowest BCUT2D eigenvalue weighted by Crippen LogP contribution is -2.47. The molecular weight excluding hydrogens is 259 g/mol. The molecule has 1 aliphatic heterocycles. The number of benzene rings is 1. The maximum absolute atomic E-state index is 13.0. The van der Waals surface area contributed by atoms with Gasteiger partial charge in [0.25, 0.3) is 0 Å². The fourth-order valence-corrected chi connectivity index (χ4v) is 2.49. The number of carbonyl (C=O) groups excluding carboxylic acids is 1. The van der Waals surface area contributed by atoms with Gasteiger partial charge in [0, 0.05) is 19.6 Å². The largest absolute Gasteiger partial charge is 0.391 e. The fraction of sp³-hybridized carbons (Fsp3) is 0.533. The minimum atomic E-state index is -0.408. The molecule has 2 rings (SSSR count). The third-order valence-electron chi connectivity index (χ3n) is 3.66. The van der Waals surface area contributed by atoms with Crippen molar-refractivity contribution >= 4 is 6.03 Å². The maximum atomic E-state index is 13.0. The quantitative estimate of drug-likeness (QED) is 0.887. The molecule has 4 nitrogen and oxygen atoms in total. The molecule has 1 atom stereocenters. The molecule has 0 bridgehead atoms. The van der Waals surface area contributed by atoms with Crippen LogP contribution in [0.1, 0.15) is 24.0 Å². The van der Waals surface area contributed by atoms with E-state index in [0.717, 1.165) is 24.0 Å². The second-order valence-corrected chi connectivity index (χ2v) is 5.29. The van der Waals surface area contributed by atoms with Crippen molar-refractivity contribution in [3.63, 3.8) is 0 Å². The van der Waals surface area contributed by atoms with E-state index >= 15 is 0 Å². The fourth-order valence-electron chi connectivity index (χ4n) is 2.49. The first-order valence-electron chi connectivity index (χ1n) is 7.02. The van der Waals surface area contributed by atoms with Crippen molar-refractivity contribution in [3.05, 3.63) is 35.1 Å². The van der Waals surface area contributed by atoms with Gasteiger partial charge in [0.1, 0.15) is 5.82 Å². The predicted molar refractivity (Wildman–Crippen MR) is 75.1 cm³/mol. The summed E-state index contributed by atoms with van der Waals surface area (Å²) < 4.78 is 13.0. The number of aliphatic hydroxyl groups excluding tert-OH is 1. The third kappa shape index (κ3) is 3.93. The monoisotopic (exact) mass is 280 g/mol. The van der Waals surface area contributed by atoms with Crippen molar-refractivity contribution in [3.8, 4) is 0 Å². The Morgan fingerprint density at radius 1 is 1.55 bits per heavy atom. The van der Waals surface area contributed by atoms with Crippen LogP contribution in [0.25, 0.3) is 0 Å². The van der Waals surface area contributed by atoms with Crippen LogP contribution in [0.5, 0.6) is 0 Å².